The van der Waals surface area contributed by atoms with Gasteiger partial charge in [-0.3, -0.25) is 0 Å². The Kier molecular flexibility index (Phi) is 6.79. The number of rotatable bonds is 6. The number of hydrogen-bond acceptors (Lipinski definition) is 1. The van der Waals surface area contributed by atoms with Gasteiger partial charge in [-0.2, -0.15) is 0 Å². The molecule has 4 aromatic carbocycles. The smallest absolute Gasteiger partial charge is 0.216 e. The highest BCUT2D eigenvalue weighted by Gasteiger charge is 2.26. The lowest BCUT2D eigenvalue weighted by Crippen LogP contribution is -2.38. The molecule has 0 radical (unpaired) electrons. The number of benzene rings is 4. The number of furan rings is 1. The van der Waals surface area contributed by atoms with Gasteiger partial charge in [0.15, 0.2) is 6.20 Å². The van der Waals surface area contributed by atoms with Crippen LogP contribution in [0.25, 0.3) is 55.4 Å². The fourth-order valence-electron chi connectivity index (χ4n) is 6.27. The number of pyridine rings is 1. The van der Waals surface area contributed by atoms with Gasteiger partial charge in [0, 0.05) is 31.2 Å². The lowest BCUT2D eigenvalue weighted by Gasteiger charge is -2.26. The Labute approximate surface area is 260 Å². The molecule has 43 heavy (non-hydrogen) atoms. The van der Waals surface area contributed by atoms with Crippen molar-refractivity contribution in [2.24, 2.45) is 7.05 Å². The molecule has 0 atom stereocenters. The summed E-state index contributed by atoms with van der Waals surface area (Å²) in [4.78, 5) is 0. The number of hydrogen-bond donors (Lipinski definition) is 0. The molecule has 0 aliphatic heterocycles. The molecule has 0 fully saturated rings. The molecule has 0 spiro atoms. The third-order valence-electron chi connectivity index (χ3n) is 8.74. The van der Waals surface area contributed by atoms with Crippen molar-refractivity contribution >= 4 is 35.2 Å². The Morgan fingerprint density at radius 2 is 1.35 bits per heavy atom. The minimum absolute atomic E-state index is 0.842. The van der Waals surface area contributed by atoms with Crippen molar-refractivity contribution in [2.75, 3.05) is 0 Å². The van der Waals surface area contributed by atoms with Gasteiger partial charge in [-0.05, 0) is 52.1 Å². The van der Waals surface area contributed by atoms with Crippen molar-refractivity contribution in [3.05, 3.63) is 108 Å². The van der Waals surface area contributed by atoms with E-state index in [2.05, 4.69) is 123 Å². The second-order valence-corrected chi connectivity index (χ2v) is 18.5. The topological polar surface area (TPSA) is 17.0 Å². The van der Waals surface area contributed by atoms with E-state index < -0.39 is 19.9 Å². The molecular formula is C40H44NOSi+. The summed E-state index contributed by atoms with van der Waals surface area (Å²) in [5.41, 5.74) is 11.2. The number of fused-ring (bicyclic) bond motifs is 3. The first-order valence-corrected chi connectivity index (χ1v) is 18.8. The van der Waals surface area contributed by atoms with Gasteiger partial charge in [-0.1, -0.05) is 125 Å². The van der Waals surface area contributed by atoms with E-state index in [0.717, 1.165) is 72.1 Å². The summed E-state index contributed by atoms with van der Waals surface area (Å²) in [6, 6.07) is 30.1. The van der Waals surface area contributed by atoms with Gasteiger partial charge in [0.25, 0.3) is 0 Å². The maximum atomic E-state index is 9.25. The average molecular weight is 585 g/mol. The number of nitrogens with zero attached hydrogens (tertiary/aromatic N) is 1. The van der Waals surface area contributed by atoms with Gasteiger partial charge in [-0.25, -0.2) is 4.57 Å². The molecule has 6 aromatic rings. The summed E-state index contributed by atoms with van der Waals surface area (Å²) in [6.07, 6.45) is 2.11. The van der Waals surface area contributed by atoms with Crippen LogP contribution in [0.15, 0.2) is 95.5 Å². The molecule has 2 aromatic heterocycles. The number of aromatic nitrogens is 1. The molecule has 6 rings (SSSR count). The lowest BCUT2D eigenvalue weighted by molar-refractivity contribution is -0.660. The molecule has 3 heteroatoms. The second kappa shape index (κ2) is 11.0. The normalized spacial score (nSPS) is 13.4. The zero-order valence-electron chi connectivity index (χ0n) is 29.0. The first kappa shape index (κ1) is 26.7. The van der Waals surface area contributed by atoms with Crippen LogP contribution < -0.4 is 9.75 Å². The van der Waals surface area contributed by atoms with Gasteiger partial charge in [0.1, 0.15) is 18.2 Å². The number of para-hydroxylation sites is 1. The van der Waals surface area contributed by atoms with Crippen molar-refractivity contribution in [1.82, 2.24) is 0 Å². The van der Waals surface area contributed by atoms with Crippen LogP contribution in [0.3, 0.4) is 0 Å². The Morgan fingerprint density at radius 1 is 0.698 bits per heavy atom. The second-order valence-electron chi connectivity index (χ2n) is 13.4. The fraction of sp³-hybridized carbons (Fsp3) is 0.275. The molecule has 2 nitrogen and oxygen atoms in total. The summed E-state index contributed by atoms with van der Waals surface area (Å²) in [7, 11) is 0.361. The highest BCUT2D eigenvalue weighted by Crippen LogP contribution is 2.42. The summed E-state index contributed by atoms with van der Waals surface area (Å²) >= 11 is 0. The van der Waals surface area contributed by atoms with E-state index in [-0.39, 0.29) is 0 Å². The molecule has 0 amide bonds. The Balaban J connectivity index is 1.66. The molecule has 0 saturated carbocycles. The van der Waals surface area contributed by atoms with E-state index in [1.807, 2.05) is 33.8 Å². The molecular weight excluding hydrogens is 539 g/mol. The minimum Gasteiger partial charge on any atom is -0.454 e. The van der Waals surface area contributed by atoms with Crippen molar-refractivity contribution < 1.29 is 11.7 Å². The molecule has 0 N–H and O–H groups in total. The quantitative estimate of drug-likeness (QED) is 0.141. The standard InChI is InChI=1S/C40H44NOSi/c1-25(2)34-23-30(43(7,8)9)24-35(26(3)4)38(34)29-20-21-41(6)36(22-29)37-27(5)18-19-33-32-17-13-16-31(39(32)42-40(33)37)28-14-11-10-12-15-28/h10-26H,1-9H3/q+1/i25D,26D. The van der Waals surface area contributed by atoms with E-state index in [9.17, 15) is 2.74 Å². The SMILES string of the molecule is [2H]C(C)(C)c1cc([Si](C)(C)C)cc(C([2H])(C)C)c1-c1cc[n+](C)c(-c2c(C)ccc3c2oc2c(-c4ccccc4)cccc23)c1. The van der Waals surface area contributed by atoms with Crippen LogP contribution in [0.2, 0.25) is 19.6 Å². The van der Waals surface area contributed by atoms with E-state index in [1.54, 1.807) is 0 Å². The zero-order valence-corrected chi connectivity index (χ0v) is 28.0. The van der Waals surface area contributed by atoms with Crippen LogP contribution >= 0.6 is 0 Å². The number of aryl methyl sites for hydroxylation is 2. The minimum atomic E-state index is -1.72. The Morgan fingerprint density at radius 3 is 1.98 bits per heavy atom. The predicted molar refractivity (Wildman–Crippen MR) is 187 cm³/mol. The molecule has 0 saturated heterocycles. The molecule has 0 aliphatic rings. The van der Waals surface area contributed by atoms with Crippen LogP contribution in [-0.4, -0.2) is 8.07 Å². The highest BCUT2D eigenvalue weighted by molar-refractivity contribution is 6.88. The van der Waals surface area contributed by atoms with E-state index in [4.69, 9.17) is 4.42 Å². The van der Waals surface area contributed by atoms with Gasteiger partial charge in [-0.15, -0.1) is 0 Å². The maximum Gasteiger partial charge on any atom is 0.216 e. The van der Waals surface area contributed by atoms with E-state index in [0.29, 0.717) is 0 Å². The third-order valence-corrected chi connectivity index (χ3v) is 10.8. The van der Waals surface area contributed by atoms with Crippen LogP contribution in [0, 0.1) is 6.92 Å². The Bertz CT molecular complexity index is 2040. The third kappa shape index (κ3) is 5.14. The van der Waals surface area contributed by atoms with Gasteiger partial charge in [0.05, 0.1) is 13.6 Å². The van der Waals surface area contributed by atoms with Crippen LogP contribution in [-0.2, 0) is 7.05 Å². The van der Waals surface area contributed by atoms with Gasteiger partial charge >= 0.3 is 0 Å². The van der Waals surface area contributed by atoms with Crippen LogP contribution in [0.1, 0.15) is 58.9 Å². The summed E-state index contributed by atoms with van der Waals surface area (Å²) < 4.78 is 27.5. The van der Waals surface area contributed by atoms with E-state index >= 15 is 0 Å². The fourth-order valence-corrected chi connectivity index (χ4v) is 7.43. The van der Waals surface area contributed by atoms with Gasteiger partial charge in [0.2, 0.25) is 5.69 Å². The average Bonchev–Trinajstić information content (AvgIpc) is 3.35. The van der Waals surface area contributed by atoms with Crippen LogP contribution in [0.4, 0.5) is 0 Å². The first-order valence-electron chi connectivity index (χ1n) is 16.3. The van der Waals surface area contributed by atoms with Crippen molar-refractivity contribution in [3.63, 3.8) is 0 Å². The van der Waals surface area contributed by atoms with Crippen LogP contribution in [0.5, 0.6) is 0 Å². The molecule has 2 heterocycles. The summed E-state index contributed by atoms with van der Waals surface area (Å²) in [6.45, 7) is 17.0. The summed E-state index contributed by atoms with van der Waals surface area (Å²) in [5, 5.41) is 3.48. The summed E-state index contributed by atoms with van der Waals surface area (Å²) in [5.74, 6) is -1.68. The first-order chi connectivity index (χ1) is 21.1. The monoisotopic (exact) mass is 584 g/mol. The van der Waals surface area contributed by atoms with Gasteiger partial charge < -0.3 is 4.42 Å². The molecule has 0 aliphatic carbocycles. The lowest BCUT2D eigenvalue weighted by atomic mass is 9.84. The van der Waals surface area contributed by atoms with Crippen molar-refractivity contribution in [1.29, 1.82) is 0 Å². The van der Waals surface area contributed by atoms with E-state index in [1.165, 1.54) is 5.19 Å². The largest absolute Gasteiger partial charge is 0.454 e. The highest BCUT2D eigenvalue weighted by atomic mass is 28.3. The predicted octanol–water partition coefficient (Wildman–Crippen LogP) is 10.5. The molecule has 0 bridgehead atoms. The zero-order chi connectivity index (χ0) is 32.5. The molecule has 0 unspecified atom stereocenters. The Hall–Kier alpha value is -3.95. The molecule has 218 valence electrons. The van der Waals surface area contributed by atoms with Crippen molar-refractivity contribution in [3.8, 4) is 33.5 Å². The maximum absolute atomic E-state index is 9.25. The van der Waals surface area contributed by atoms with Crippen molar-refractivity contribution in [2.45, 2.75) is 66.0 Å².